The number of H-pyrrole nitrogens is 1. The van der Waals surface area contributed by atoms with Crippen LogP contribution in [0.2, 0.25) is 0 Å². The minimum atomic E-state index is -0.677. The molecule has 3 N–H and O–H groups in total. The van der Waals surface area contributed by atoms with Crippen molar-refractivity contribution in [2.45, 2.75) is 32.3 Å². The van der Waals surface area contributed by atoms with Gasteiger partial charge in [0, 0.05) is 29.6 Å². The average molecular weight is 416 g/mol. The van der Waals surface area contributed by atoms with Crippen molar-refractivity contribution in [3.8, 4) is 11.3 Å². The van der Waals surface area contributed by atoms with Crippen LogP contribution in [0.15, 0.2) is 36.4 Å². The topological polar surface area (TPSA) is 65.1 Å². The van der Waals surface area contributed by atoms with Crippen LogP contribution in [0.4, 0.5) is 13.2 Å². The quantitative estimate of drug-likeness (QED) is 0.560. The Hall–Kier alpha value is -2.80. The summed E-state index contributed by atoms with van der Waals surface area (Å²) < 4.78 is 41.6. The molecule has 158 valence electrons. The van der Waals surface area contributed by atoms with E-state index < -0.39 is 17.7 Å². The van der Waals surface area contributed by atoms with Crippen molar-refractivity contribution in [3.63, 3.8) is 0 Å². The molecule has 4 rings (SSSR count). The molecule has 0 unspecified atom stereocenters. The third kappa shape index (κ3) is 4.07. The lowest BCUT2D eigenvalue weighted by Crippen LogP contribution is -2.41. The number of rotatable bonds is 6. The predicted octanol–water partition coefficient (Wildman–Crippen LogP) is 4.32. The van der Waals surface area contributed by atoms with E-state index in [1.165, 1.54) is 18.2 Å². The Morgan fingerprint density at radius 1 is 1.17 bits per heavy atom. The first-order valence-corrected chi connectivity index (χ1v) is 10.0. The standard InChI is InChI=1S/C23H23F3N2O2/c1-12(29)11-27-23(30)15-6-13(7-15)8-18-19-9-17(25)10-20(26)22(19)28-21(18)14-2-4-16(24)5-3-14/h2-5,9-10,12-13,15,28-29H,6-8,11H2,1H3,(H,27,30)/t12-,13?,15?/m0/s1. The Kier molecular flexibility index (Phi) is 5.56. The fourth-order valence-corrected chi connectivity index (χ4v) is 4.15. The van der Waals surface area contributed by atoms with Crippen molar-refractivity contribution in [2.24, 2.45) is 11.8 Å². The lowest BCUT2D eigenvalue weighted by atomic mass is 9.71. The van der Waals surface area contributed by atoms with Gasteiger partial charge in [-0.2, -0.15) is 0 Å². The molecule has 1 atom stereocenters. The number of carbonyl (C=O) groups is 1. The van der Waals surface area contributed by atoms with E-state index in [-0.39, 0.29) is 35.6 Å². The van der Waals surface area contributed by atoms with Crippen LogP contribution < -0.4 is 5.32 Å². The van der Waals surface area contributed by atoms with E-state index in [1.54, 1.807) is 19.1 Å². The number of hydrogen-bond acceptors (Lipinski definition) is 2. The number of aromatic amines is 1. The molecule has 3 aromatic rings. The van der Waals surface area contributed by atoms with E-state index in [9.17, 15) is 23.1 Å². The molecule has 30 heavy (non-hydrogen) atoms. The Morgan fingerprint density at radius 2 is 1.87 bits per heavy atom. The van der Waals surface area contributed by atoms with Crippen LogP contribution in [0.1, 0.15) is 25.3 Å². The Bertz CT molecular complexity index is 1070. The fourth-order valence-electron chi connectivity index (χ4n) is 4.15. The molecular weight excluding hydrogens is 393 g/mol. The van der Waals surface area contributed by atoms with Crippen LogP contribution in [0.25, 0.3) is 22.2 Å². The van der Waals surface area contributed by atoms with Gasteiger partial charge in [-0.25, -0.2) is 13.2 Å². The van der Waals surface area contributed by atoms with Gasteiger partial charge in [0.25, 0.3) is 0 Å². The first-order chi connectivity index (χ1) is 14.3. The first-order valence-electron chi connectivity index (χ1n) is 10.0. The zero-order chi connectivity index (χ0) is 21.4. The van der Waals surface area contributed by atoms with E-state index in [1.807, 2.05) is 0 Å². The highest BCUT2D eigenvalue weighted by atomic mass is 19.1. The molecule has 0 saturated heterocycles. The predicted molar refractivity (Wildman–Crippen MR) is 108 cm³/mol. The average Bonchev–Trinajstić information content (AvgIpc) is 3.01. The van der Waals surface area contributed by atoms with Gasteiger partial charge >= 0.3 is 0 Å². The van der Waals surface area contributed by atoms with Gasteiger partial charge in [0.05, 0.1) is 11.6 Å². The van der Waals surface area contributed by atoms with Crippen molar-refractivity contribution >= 4 is 16.8 Å². The summed E-state index contributed by atoms with van der Waals surface area (Å²) in [6.07, 6.45) is 1.28. The molecule has 0 aliphatic heterocycles. The molecule has 4 nitrogen and oxygen atoms in total. The van der Waals surface area contributed by atoms with Crippen molar-refractivity contribution in [1.29, 1.82) is 0 Å². The minimum absolute atomic E-state index is 0.0816. The van der Waals surface area contributed by atoms with Crippen LogP contribution in [0, 0.1) is 29.3 Å². The number of aliphatic hydroxyl groups is 1. The number of carbonyl (C=O) groups excluding carboxylic acids is 1. The van der Waals surface area contributed by atoms with Crippen LogP contribution >= 0.6 is 0 Å². The summed E-state index contributed by atoms with van der Waals surface area (Å²) in [7, 11) is 0. The van der Waals surface area contributed by atoms with Crippen LogP contribution in [-0.2, 0) is 11.2 Å². The van der Waals surface area contributed by atoms with Gasteiger partial charge in [-0.15, -0.1) is 0 Å². The zero-order valence-electron chi connectivity index (χ0n) is 16.5. The third-order valence-electron chi connectivity index (χ3n) is 5.74. The molecule has 1 fully saturated rings. The van der Waals surface area contributed by atoms with Gasteiger partial charge in [-0.05, 0) is 73.6 Å². The Morgan fingerprint density at radius 3 is 2.53 bits per heavy atom. The van der Waals surface area contributed by atoms with E-state index >= 15 is 0 Å². The van der Waals surface area contributed by atoms with Gasteiger partial charge in [0.15, 0.2) is 0 Å². The second-order valence-electron chi connectivity index (χ2n) is 8.13. The minimum Gasteiger partial charge on any atom is -0.392 e. The lowest BCUT2D eigenvalue weighted by Gasteiger charge is -2.34. The highest BCUT2D eigenvalue weighted by Gasteiger charge is 2.35. The highest BCUT2D eigenvalue weighted by Crippen LogP contribution is 2.41. The van der Waals surface area contributed by atoms with Crippen LogP contribution in [0.3, 0.4) is 0 Å². The second kappa shape index (κ2) is 8.14. The summed E-state index contributed by atoms with van der Waals surface area (Å²) in [4.78, 5) is 15.2. The van der Waals surface area contributed by atoms with Gasteiger partial charge in [0.2, 0.25) is 5.91 Å². The smallest absolute Gasteiger partial charge is 0.223 e. The second-order valence-corrected chi connectivity index (χ2v) is 8.13. The molecule has 1 heterocycles. The van der Waals surface area contributed by atoms with E-state index in [4.69, 9.17) is 0 Å². The normalized spacial score (nSPS) is 19.5. The Balaban J connectivity index is 1.59. The van der Waals surface area contributed by atoms with Crippen LogP contribution in [-0.4, -0.2) is 28.6 Å². The third-order valence-corrected chi connectivity index (χ3v) is 5.74. The summed E-state index contributed by atoms with van der Waals surface area (Å²) in [5, 5.41) is 12.5. The number of benzene rings is 2. The van der Waals surface area contributed by atoms with Crippen LogP contribution in [0.5, 0.6) is 0 Å². The molecule has 1 amide bonds. The maximum absolute atomic E-state index is 14.4. The summed E-state index contributed by atoms with van der Waals surface area (Å²) in [5.74, 6) is -1.72. The summed E-state index contributed by atoms with van der Waals surface area (Å²) in [6, 6.07) is 8.00. The number of aromatic nitrogens is 1. The first kappa shape index (κ1) is 20.5. The van der Waals surface area contributed by atoms with Crippen molar-refractivity contribution in [2.75, 3.05) is 6.54 Å². The summed E-state index contributed by atoms with van der Waals surface area (Å²) >= 11 is 0. The monoisotopic (exact) mass is 416 g/mol. The van der Waals surface area contributed by atoms with Gasteiger partial charge in [0.1, 0.15) is 17.5 Å². The molecule has 0 bridgehead atoms. The van der Waals surface area contributed by atoms with E-state index in [2.05, 4.69) is 10.3 Å². The molecule has 7 heteroatoms. The van der Waals surface area contributed by atoms with Gasteiger partial charge in [-0.3, -0.25) is 4.79 Å². The van der Waals surface area contributed by atoms with E-state index in [0.717, 1.165) is 11.6 Å². The fraction of sp³-hybridized carbons (Fsp3) is 0.348. The van der Waals surface area contributed by atoms with E-state index in [0.29, 0.717) is 35.9 Å². The molecule has 1 aliphatic carbocycles. The number of fused-ring (bicyclic) bond motifs is 1. The SMILES string of the molecule is C[C@H](O)CNC(=O)C1CC(Cc2c(-c3ccc(F)cc3)[nH]c3c(F)cc(F)cc23)C1. The summed E-state index contributed by atoms with van der Waals surface area (Å²) in [6.45, 7) is 1.83. The molecule has 1 saturated carbocycles. The van der Waals surface area contributed by atoms with Gasteiger partial charge in [-0.1, -0.05) is 0 Å². The highest BCUT2D eigenvalue weighted by molar-refractivity contribution is 5.91. The van der Waals surface area contributed by atoms with Crippen molar-refractivity contribution in [1.82, 2.24) is 10.3 Å². The molecule has 1 aliphatic rings. The number of hydrogen-bond donors (Lipinski definition) is 3. The Labute approximate surface area is 172 Å². The largest absolute Gasteiger partial charge is 0.392 e. The van der Waals surface area contributed by atoms with Crippen molar-refractivity contribution < 1.29 is 23.1 Å². The van der Waals surface area contributed by atoms with Gasteiger partial charge < -0.3 is 15.4 Å². The summed E-state index contributed by atoms with van der Waals surface area (Å²) in [5.41, 5.74) is 2.31. The molecule has 0 radical (unpaired) electrons. The maximum Gasteiger partial charge on any atom is 0.223 e. The maximum atomic E-state index is 14.4. The number of amides is 1. The molecule has 2 aromatic carbocycles. The molecule has 1 aromatic heterocycles. The lowest BCUT2D eigenvalue weighted by molar-refractivity contribution is -0.129. The number of nitrogens with one attached hydrogen (secondary N) is 2. The molecular formula is C23H23F3N2O2. The van der Waals surface area contributed by atoms with Crippen molar-refractivity contribution in [3.05, 3.63) is 59.4 Å². The zero-order valence-corrected chi connectivity index (χ0v) is 16.5. The number of halogens is 3. The molecule has 0 spiro atoms. The number of aliphatic hydroxyl groups excluding tert-OH is 1.